The maximum atomic E-state index is 11.9. The summed E-state index contributed by atoms with van der Waals surface area (Å²) < 4.78 is 2.90. The van der Waals surface area contributed by atoms with E-state index in [1.54, 1.807) is 20.8 Å². The van der Waals surface area contributed by atoms with Crippen LogP contribution in [0.15, 0.2) is 9.59 Å². The van der Waals surface area contributed by atoms with Crippen molar-refractivity contribution in [1.29, 1.82) is 0 Å². The molecule has 15 heavy (non-hydrogen) atoms. The van der Waals surface area contributed by atoms with E-state index in [4.69, 9.17) is 0 Å². The summed E-state index contributed by atoms with van der Waals surface area (Å²) in [5, 5.41) is 0.507. The molecule has 2 rings (SSSR count). The van der Waals surface area contributed by atoms with Crippen LogP contribution < -0.4 is 11.1 Å². The quantitative estimate of drug-likeness (QED) is 0.727. The van der Waals surface area contributed by atoms with Crippen LogP contribution in [0.2, 0.25) is 0 Å². The van der Waals surface area contributed by atoms with Gasteiger partial charge in [-0.15, -0.1) is 0 Å². The molecular weight excluding hydrogens is 260 g/mol. The Morgan fingerprint density at radius 2 is 1.53 bits per heavy atom. The summed E-state index contributed by atoms with van der Waals surface area (Å²) in [5.74, 6) is 0. The van der Waals surface area contributed by atoms with E-state index in [-0.39, 0.29) is 11.1 Å². The third-order valence-corrected chi connectivity index (χ3v) is 3.43. The first-order valence-corrected chi connectivity index (χ1v) is 5.74. The molecule has 0 radical (unpaired) electrons. The molecule has 0 unspecified atom stereocenters. The monoisotopic (exact) mass is 270 g/mol. The van der Waals surface area contributed by atoms with Crippen LogP contribution in [0.1, 0.15) is 22.5 Å². The minimum Gasteiger partial charge on any atom is -0.267 e. The maximum Gasteiger partial charge on any atom is 0.274 e. The first kappa shape index (κ1) is 10.4. The van der Waals surface area contributed by atoms with Gasteiger partial charge in [0.05, 0.1) is 5.69 Å². The van der Waals surface area contributed by atoms with Crippen LogP contribution >= 0.6 is 15.9 Å². The molecule has 0 saturated carbocycles. The largest absolute Gasteiger partial charge is 0.274 e. The molecular formula is C10H11BrN2O2. The second kappa shape index (κ2) is 3.20. The van der Waals surface area contributed by atoms with Gasteiger partial charge in [-0.25, -0.2) is 9.03 Å². The van der Waals surface area contributed by atoms with Gasteiger partial charge < -0.3 is 0 Å². The summed E-state index contributed by atoms with van der Waals surface area (Å²) in [5.41, 5.74) is 2.52. The Labute approximate surface area is 94.6 Å². The van der Waals surface area contributed by atoms with Gasteiger partial charge in [-0.1, -0.05) is 15.9 Å². The van der Waals surface area contributed by atoms with Gasteiger partial charge in [0.1, 0.15) is 0 Å². The number of nitrogens with zero attached hydrogens (tertiary/aromatic N) is 2. The molecule has 0 spiro atoms. The molecule has 0 aliphatic rings. The van der Waals surface area contributed by atoms with Gasteiger partial charge in [-0.3, -0.25) is 9.59 Å². The highest BCUT2D eigenvalue weighted by Crippen LogP contribution is 2.10. The van der Waals surface area contributed by atoms with Gasteiger partial charge in [0.2, 0.25) is 0 Å². The van der Waals surface area contributed by atoms with Crippen LogP contribution in [0.5, 0.6) is 0 Å². The summed E-state index contributed by atoms with van der Waals surface area (Å²) in [6.07, 6.45) is 0. The fourth-order valence-electron chi connectivity index (χ4n) is 1.80. The zero-order valence-electron chi connectivity index (χ0n) is 8.80. The SMILES string of the molecule is Cc1c(CBr)n2c(=O)c(C)c(C)n2c1=O. The van der Waals surface area contributed by atoms with Crippen molar-refractivity contribution in [1.82, 2.24) is 9.03 Å². The number of aryl methyl sites for hydroxylation is 1. The van der Waals surface area contributed by atoms with Crippen LogP contribution in [0, 0.1) is 20.8 Å². The Bertz CT molecular complexity index is 637. The van der Waals surface area contributed by atoms with Crippen molar-refractivity contribution in [2.45, 2.75) is 26.1 Å². The lowest BCUT2D eigenvalue weighted by molar-refractivity contribution is 0.766. The highest BCUT2D eigenvalue weighted by atomic mass is 79.9. The van der Waals surface area contributed by atoms with Crippen molar-refractivity contribution in [2.24, 2.45) is 0 Å². The smallest absolute Gasteiger partial charge is 0.267 e. The zero-order chi connectivity index (χ0) is 11.3. The molecule has 0 aromatic carbocycles. The van der Waals surface area contributed by atoms with E-state index in [9.17, 15) is 9.59 Å². The lowest BCUT2D eigenvalue weighted by atomic mass is 10.2. The number of halogens is 1. The molecule has 0 atom stereocenters. The summed E-state index contributed by atoms with van der Waals surface area (Å²) in [7, 11) is 0. The van der Waals surface area contributed by atoms with Crippen molar-refractivity contribution in [3.05, 3.63) is 43.2 Å². The topological polar surface area (TPSA) is 43.0 Å². The summed E-state index contributed by atoms with van der Waals surface area (Å²) in [4.78, 5) is 23.8. The number of fused-ring (bicyclic) bond motifs is 1. The van der Waals surface area contributed by atoms with E-state index in [1.165, 1.54) is 9.03 Å². The average molecular weight is 271 g/mol. The minimum atomic E-state index is -0.104. The second-order valence-electron chi connectivity index (χ2n) is 3.65. The lowest BCUT2D eigenvalue weighted by Gasteiger charge is -1.92. The molecule has 4 nitrogen and oxygen atoms in total. The fraction of sp³-hybridized carbons (Fsp3) is 0.400. The van der Waals surface area contributed by atoms with Gasteiger partial charge in [0.25, 0.3) is 11.1 Å². The van der Waals surface area contributed by atoms with Gasteiger partial charge in [-0.2, -0.15) is 0 Å². The molecule has 0 amide bonds. The maximum absolute atomic E-state index is 11.9. The van der Waals surface area contributed by atoms with Gasteiger partial charge in [-0.05, 0) is 20.8 Å². The molecule has 0 aliphatic heterocycles. The Balaban J connectivity index is 3.17. The van der Waals surface area contributed by atoms with Crippen LogP contribution in [-0.2, 0) is 5.33 Å². The van der Waals surface area contributed by atoms with Crippen molar-refractivity contribution in [3.8, 4) is 0 Å². The standard InChI is InChI=1S/C10H11BrN2O2/c1-5-7(3)12-10(15)6(2)8(4-11)13(12)9(5)14/h4H2,1-3H3. The van der Waals surface area contributed by atoms with Crippen molar-refractivity contribution >= 4 is 15.9 Å². The number of rotatable bonds is 1. The van der Waals surface area contributed by atoms with Crippen LogP contribution in [0.4, 0.5) is 0 Å². The second-order valence-corrected chi connectivity index (χ2v) is 4.21. The first-order chi connectivity index (χ1) is 7.00. The summed E-state index contributed by atoms with van der Waals surface area (Å²) in [6, 6.07) is 0. The molecule has 2 aromatic heterocycles. The molecule has 2 heterocycles. The van der Waals surface area contributed by atoms with E-state index >= 15 is 0 Å². The average Bonchev–Trinajstić information content (AvgIpc) is 2.59. The number of hydrogen-bond acceptors (Lipinski definition) is 2. The van der Waals surface area contributed by atoms with E-state index in [0.717, 1.165) is 11.4 Å². The summed E-state index contributed by atoms with van der Waals surface area (Å²) in [6.45, 7) is 5.27. The van der Waals surface area contributed by atoms with Crippen LogP contribution in [-0.4, -0.2) is 9.03 Å². The first-order valence-electron chi connectivity index (χ1n) is 4.62. The Hall–Kier alpha value is -1.10. The molecule has 0 aliphatic carbocycles. The predicted molar refractivity (Wildman–Crippen MR) is 61.4 cm³/mol. The van der Waals surface area contributed by atoms with E-state index < -0.39 is 0 Å². The predicted octanol–water partition coefficient (Wildman–Crippen LogP) is 1.02. The van der Waals surface area contributed by atoms with Crippen molar-refractivity contribution in [3.63, 3.8) is 0 Å². The Kier molecular flexibility index (Phi) is 2.22. The number of hydrogen-bond donors (Lipinski definition) is 0. The zero-order valence-corrected chi connectivity index (χ0v) is 10.4. The molecule has 0 bridgehead atoms. The highest BCUT2D eigenvalue weighted by molar-refractivity contribution is 9.08. The molecule has 0 N–H and O–H groups in total. The lowest BCUT2D eigenvalue weighted by Crippen LogP contribution is -2.16. The van der Waals surface area contributed by atoms with Crippen LogP contribution in [0.3, 0.4) is 0 Å². The van der Waals surface area contributed by atoms with Gasteiger partial charge >= 0.3 is 0 Å². The molecule has 2 aromatic rings. The number of aromatic nitrogens is 2. The van der Waals surface area contributed by atoms with E-state index in [2.05, 4.69) is 15.9 Å². The summed E-state index contributed by atoms with van der Waals surface area (Å²) >= 11 is 3.30. The molecule has 5 heteroatoms. The number of alkyl halides is 1. The minimum absolute atomic E-state index is 0.104. The Morgan fingerprint density at radius 1 is 1.00 bits per heavy atom. The molecule has 80 valence electrons. The van der Waals surface area contributed by atoms with E-state index in [1.807, 2.05) is 0 Å². The van der Waals surface area contributed by atoms with Gasteiger partial charge in [0.15, 0.2) is 0 Å². The van der Waals surface area contributed by atoms with Crippen molar-refractivity contribution in [2.75, 3.05) is 0 Å². The normalized spacial score (nSPS) is 11.5. The third-order valence-electron chi connectivity index (χ3n) is 2.90. The highest BCUT2D eigenvalue weighted by Gasteiger charge is 2.18. The van der Waals surface area contributed by atoms with Gasteiger partial charge in [0, 0.05) is 22.2 Å². The fourth-order valence-corrected chi connectivity index (χ4v) is 2.46. The molecule has 0 fully saturated rings. The third kappa shape index (κ3) is 1.13. The van der Waals surface area contributed by atoms with E-state index in [0.29, 0.717) is 16.5 Å². The Morgan fingerprint density at radius 3 is 2.07 bits per heavy atom. The van der Waals surface area contributed by atoms with Crippen LogP contribution in [0.25, 0.3) is 0 Å². The molecule has 0 saturated heterocycles. The van der Waals surface area contributed by atoms with Crippen molar-refractivity contribution < 1.29 is 0 Å².